The number of carbonyl (C=O) groups excluding carboxylic acids is 2. The van der Waals surface area contributed by atoms with Crippen LogP contribution in [0.15, 0.2) is 53.1 Å². The maximum Gasteiger partial charge on any atom is 0.409 e. The highest BCUT2D eigenvalue weighted by Gasteiger charge is 2.25. The first-order chi connectivity index (χ1) is 13.7. The van der Waals surface area contributed by atoms with Crippen molar-refractivity contribution in [2.45, 2.75) is 31.8 Å². The van der Waals surface area contributed by atoms with Crippen LogP contribution in [-0.4, -0.2) is 49.2 Å². The average molecular weight is 385 g/mol. The second-order valence-electron chi connectivity index (χ2n) is 6.77. The lowest BCUT2D eigenvalue weighted by molar-refractivity contribution is -0.121. The van der Waals surface area contributed by atoms with Gasteiger partial charge in [-0.1, -0.05) is 30.3 Å². The highest BCUT2D eigenvalue weighted by Crippen LogP contribution is 2.22. The molecular weight excluding hydrogens is 358 g/mol. The van der Waals surface area contributed by atoms with Crippen molar-refractivity contribution in [3.05, 3.63) is 60.1 Å². The summed E-state index contributed by atoms with van der Waals surface area (Å²) in [6.45, 7) is 3.54. The molecule has 2 aromatic rings. The van der Waals surface area contributed by atoms with E-state index < -0.39 is 0 Å². The minimum atomic E-state index is -0.280. The smallest absolute Gasteiger partial charge is 0.409 e. The maximum atomic E-state index is 12.4. The normalized spacial score (nSPS) is 15.8. The number of hydrogen-bond donors (Lipinski definition) is 2. The summed E-state index contributed by atoms with van der Waals surface area (Å²) in [4.78, 5) is 25.9. The van der Waals surface area contributed by atoms with Gasteiger partial charge in [0.15, 0.2) is 0 Å². The Bertz CT molecular complexity index is 740. The lowest BCUT2D eigenvalue weighted by Crippen LogP contribution is -2.48. The van der Waals surface area contributed by atoms with Crippen molar-refractivity contribution in [2.75, 3.05) is 26.2 Å². The van der Waals surface area contributed by atoms with Gasteiger partial charge in [0.1, 0.15) is 5.76 Å². The monoisotopic (exact) mass is 385 g/mol. The molecule has 0 bridgehead atoms. The van der Waals surface area contributed by atoms with Crippen molar-refractivity contribution in [3.63, 3.8) is 0 Å². The number of furan rings is 1. The highest BCUT2D eigenvalue weighted by atomic mass is 16.6. The Labute approximate surface area is 165 Å². The molecule has 2 N–H and O–H groups in total. The number of carbonyl (C=O) groups is 2. The summed E-state index contributed by atoms with van der Waals surface area (Å²) in [6, 6.07) is 13.5. The van der Waals surface area contributed by atoms with Crippen molar-refractivity contribution in [1.82, 2.24) is 15.5 Å². The van der Waals surface area contributed by atoms with E-state index in [1.165, 1.54) is 0 Å². The molecule has 28 heavy (non-hydrogen) atoms. The largest absolute Gasteiger partial charge is 0.467 e. The molecule has 2 amide bonds. The van der Waals surface area contributed by atoms with E-state index in [1.807, 2.05) is 42.5 Å². The first kappa shape index (κ1) is 19.9. The SMILES string of the molecule is CCOC(=O)N1CCC(NC(=O)CN[C@@H](c2ccccc2)c2ccco2)CC1. The zero-order valence-corrected chi connectivity index (χ0v) is 16.1. The van der Waals surface area contributed by atoms with Gasteiger partial charge in [-0.05, 0) is 37.5 Å². The van der Waals surface area contributed by atoms with Crippen LogP contribution in [0.4, 0.5) is 4.79 Å². The molecule has 1 atom stereocenters. The zero-order valence-electron chi connectivity index (χ0n) is 16.1. The van der Waals surface area contributed by atoms with Crippen LogP contribution >= 0.6 is 0 Å². The highest BCUT2D eigenvalue weighted by molar-refractivity contribution is 5.78. The first-order valence-electron chi connectivity index (χ1n) is 9.70. The van der Waals surface area contributed by atoms with Crippen LogP contribution in [0.5, 0.6) is 0 Å². The molecule has 0 radical (unpaired) electrons. The number of likely N-dealkylation sites (tertiary alicyclic amines) is 1. The molecule has 7 nitrogen and oxygen atoms in total. The molecule has 1 aliphatic heterocycles. The van der Waals surface area contributed by atoms with Gasteiger partial charge in [0, 0.05) is 19.1 Å². The number of benzene rings is 1. The standard InChI is InChI=1S/C21H27N3O4/c1-2-27-21(26)24-12-10-17(11-13-24)23-19(25)15-22-20(18-9-6-14-28-18)16-7-4-3-5-8-16/h3-9,14,17,20,22H,2,10-13,15H2,1H3,(H,23,25)/t20-/m0/s1. The lowest BCUT2D eigenvalue weighted by atomic mass is 10.0. The number of nitrogens with zero attached hydrogens (tertiary/aromatic N) is 1. The molecule has 1 saturated heterocycles. The third kappa shape index (κ3) is 5.36. The molecule has 0 aliphatic carbocycles. The number of hydrogen-bond acceptors (Lipinski definition) is 5. The van der Waals surface area contributed by atoms with Crippen molar-refractivity contribution in [3.8, 4) is 0 Å². The van der Waals surface area contributed by atoms with Crippen LogP contribution in [0.1, 0.15) is 37.1 Å². The van der Waals surface area contributed by atoms with Crippen LogP contribution in [0.3, 0.4) is 0 Å². The summed E-state index contributed by atoms with van der Waals surface area (Å²) < 4.78 is 10.6. The van der Waals surface area contributed by atoms with Crippen LogP contribution in [0.2, 0.25) is 0 Å². The minimum Gasteiger partial charge on any atom is -0.467 e. The number of nitrogens with one attached hydrogen (secondary N) is 2. The predicted octanol–water partition coefficient (Wildman–Crippen LogP) is 2.70. The number of amides is 2. The molecular formula is C21H27N3O4. The summed E-state index contributed by atoms with van der Waals surface area (Å²) >= 11 is 0. The predicted molar refractivity (Wildman–Crippen MR) is 105 cm³/mol. The summed E-state index contributed by atoms with van der Waals surface area (Å²) in [7, 11) is 0. The van der Waals surface area contributed by atoms with E-state index in [-0.39, 0.29) is 30.6 Å². The second-order valence-corrected chi connectivity index (χ2v) is 6.77. The van der Waals surface area contributed by atoms with Crippen molar-refractivity contribution < 1.29 is 18.7 Å². The van der Waals surface area contributed by atoms with Gasteiger partial charge in [-0.15, -0.1) is 0 Å². The van der Waals surface area contributed by atoms with Gasteiger partial charge in [-0.25, -0.2) is 4.79 Å². The molecule has 1 aromatic carbocycles. The quantitative estimate of drug-likeness (QED) is 0.766. The average Bonchev–Trinajstić information content (AvgIpc) is 3.24. The molecule has 2 heterocycles. The van der Waals surface area contributed by atoms with Gasteiger partial charge >= 0.3 is 6.09 Å². The molecule has 0 spiro atoms. The van der Waals surface area contributed by atoms with Gasteiger partial charge in [-0.2, -0.15) is 0 Å². The molecule has 3 rings (SSSR count). The van der Waals surface area contributed by atoms with E-state index in [1.54, 1.807) is 18.1 Å². The van der Waals surface area contributed by atoms with E-state index in [9.17, 15) is 9.59 Å². The topological polar surface area (TPSA) is 83.8 Å². The second kappa shape index (κ2) is 9.94. The van der Waals surface area contributed by atoms with E-state index in [0.717, 1.165) is 24.2 Å². The van der Waals surface area contributed by atoms with Crippen LogP contribution in [0.25, 0.3) is 0 Å². The third-order valence-corrected chi connectivity index (χ3v) is 4.81. The molecule has 1 aromatic heterocycles. The fraction of sp³-hybridized carbons (Fsp3) is 0.429. The van der Waals surface area contributed by atoms with Crippen molar-refractivity contribution >= 4 is 12.0 Å². The Morgan fingerprint density at radius 2 is 1.93 bits per heavy atom. The minimum absolute atomic E-state index is 0.0675. The Morgan fingerprint density at radius 1 is 1.18 bits per heavy atom. The van der Waals surface area contributed by atoms with Gasteiger partial charge in [-0.3, -0.25) is 10.1 Å². The molecule has 0 unspecified atom stereocenters. The van der Waals surface area contributed by atoms with Gasteiger partial charge in [0.25, 0.3) is 0 Å². The molecule has 0 saturated carbocycles. The van der Waals surface area contributed by atoms with E-state index in [2.05, 4.69) is 10.6 Å². The summed E-state index contributed by atoms with van der Waals surface area (Å²) in [6.07, 6.45) is 2.80. The Morgan fingerprint density at radius 3 is 2.57 bits per heavy atom. The lowest BCUT2D eigenvalue weighted by Gasteiger charge is -2.31. The molecule has 1 aliphatic rings. The summed E-state index contributed by atoms with van der Waals surface area (Å²) in [5.74, 6) is 0.698. The fourth-order valence-electron chi connectivity index (χ4n) is 3.38. The van der Waals surface area contributed by atoms with Gasteiger partial charge in [0.2, 0.25) is 5.91 Å². The fourth-order valence-corrected chi connectivity index (χ4v) is 3.38. The van der Waals surface area contributed by atoms with Crippen LogP contribution in [-0.2, 0) is 9.53 Å². The Balaban J connectivity index is 1.49. The van der Waals surface area contributed by atoms with Crippen LogP contribution in [0, 0.1) is 0 Å². The first-order valence-corrected chi connectivity index (χ1v) is 9.70. The molecule has 150 valence electrons. The van der Waals surface area contributed by atoms with Gasteiger partial charge < -0.3 is 19.4 Å². The van der Waals surface area contributed by atoms with E-state index in [0.29, 0.717) is 19.7 Å². The Kier molecular flexibility index (Phi) is 7.08. The van der Waals surface area contributed by atoms with Crippen molar-refractivity contribution in [1.29, 1.82) is 0 Å². The third-order valence-electron chi connectivity index (χ3n) is 4.81. The number of ether oxygens (including phenoxy) is 1. The molecule has 1 fully saturated rings. The molecule has 7 heteroatoms. The van der Waals surface area contributed by atoms with Crippen LogP contribution < -0.4 is 10.6 Å². The zero-order chi connectivity index (χ0) is 19.8. The van der Waals surface area contributed by atoms with E-state index >= 15 is 0 Å². The van der Waals surface area contributed by atoms with Gasteiger partial charge in [0.05, 0.1) is 25.5 Å². The number of rotatable bonds is 7. The Hall–Kier alpha value is -2.80. The summed E-state index contributed by atoms with van der Waals surface area (Å²) in [5.41, 5.74) is 1.04. The number of piperidine rings is 1. The van der Waals surface area contributed by atoms with E-state index in [4.69, 9.17) is 9.15 Å². The van der Waals surface area contributed by atoms with Crippen molar-refractivity contribution in [2.24, 2.45) is 0 Å². The summed E-state index contributed by atoms with van der Waals surface area (Å²) in [5, 5.41) is 6.33. The maximum absolute atomic E-state index is 12.4.